The van der Waals surface area contributed by atoms with Crippen molar-refractivity contribution in [3.05, 3.63) is 29.5 Å². The van der Waals surface area contributed by atoms with Crippen LogP contribution in [0.15, 0.2) is 29.5 Å². The molecule has 9 nitrogen and oxygen atoms in total. The number of rotatable bonds is 6. The quantitative estimate of drug-likeness (QED) is 0.679. The molecule has 0 aromatic heterocycles. The molecule has 2 N–H and O–H groups in total. The molecule has 0 bridgehead atoms. The summed E-state index contributed by atoms with van der Waals surface area (Å²) in [5.74, 6) is -0.608. The second-order valence-corrected chi connectivity index (χ2v) is 6.03. The number of likely N-dealkylation sites (N-methyl/N-ethyl adjacent to an activating group) is 1. The Morgan fingerprint density at radius 2 is 2.15 bits per heavy atom. The van der Waals surface area contributed by atoms with Gasteiger partial charge in [0.05, 0.1) is 31.5 Å². The third kappa shape index (κ3) is 3.45. The van der Waals surface area contributed by atoms with Crippen molar-refractivity contribution >= 4 is 29.2 Å². The number of nitrogens with one attached hydrogen (secondary N) is 1. The van der Waals surface area contributed by atoms with Gasteiger partial charge in [-0.1, -0.05) is 0 Å². The third-order valence-electron chi connectivity index (χ3n) is 4.44. The van der Waals surface area contributed by atoms with Crippen molar-refractivity contribution in [2.75, 3.05) is 50.2 Å². The van der Waals surface area contributed by atoms with Gasteiger partial charge in [-0.3, -0.25) is 9.59 Å². The summed E-state index contributed by atoms with van der Waals surface area (Å²) < 4.78 is 10.2. The van der Waals surface area contributed by atoms with E-state index < -0.39 is 11.9 Å². The van der Waals surface area contributed by atoms with E-state index in [1.807, 2.05) is 6.92 Å². The number of β-amino-alcohol motifs (C(OH)–C–C–N with tert-alkyl or cyclic N) is 1. The number of carbonyl (C=O) groups is 3. The highest BCUT2D eigenvalue weighted by Gasteiger charge is 2.34. The van der Waals surface area contributed by atoms with E-state index in [-0.39, 0.29) is 43.5 Å². The van der Waals surface area contributed by atoms with Gasteiger partial charge in [-0.25, -0.2) is 4.79 Å². The number of esters is 1. The third-order valence-corrected chi connectivity index (χ3v) is 4.44. The van der Waals surface area contributed by atoms with Crippen LogP contribution in [0.4, 0.5) is 11.4 Å². The lowest BCUT2D eigenvalue weighted by Crippen LogP contribution is -2.38. The number of anilines is 2. The number of hydrogen-bond acceptors (Lipinski definition) is 7. The maximum atomic E-state index is 12.6. The van der Waals surface area contributed by atoms with Crippen LogP contribution < -0.4 is 15.0 Å². The minimum Gasteiger partial charge on any atom is -0.481 e. The van der Waals surface area contributed by atoms with Crippen LogP contribution in [-0.4, -0.2) is 67.7 Å². The first kappa shape index (κ1) is 18.7. The van der Waals surface area contributed by atoms with Gasteiger partial charge in [-0.15, -0.1) is 0 Å². The largest absolute Gasteiger partial charge is 0.481 e. The Morgan fingerprint density at radius 1 is 1.37 bits per heavy atom. The van der Waals surface area contributed by atoms with Gasteiger partial charge < -0.3 is 29.7 Å². The average Bonchev–Trinajstić information content (AvgIpc) is 2.97. The maximum absolute atomic E-state index is 12.6. The first-order valence-electron chi connectivity index (χ1n) is 8.56. The van der Waals surface area contributed by atoms with E-state index in [2.05, 4.69) is 5.32 Å². The van der Waals surface area contributed by atoms with Crippen molar-refractivity contribution in [3.63, 3.8) is 0 Å². The standard InChI is InChI=1S/C18H21N3O6/c1-3-21-13-5-4-11(8-14(13)27-10-15(21)23)19-16-12(18(25)26-2)9-20(6-7-22)17(16)24/h4-5,8,19,22H,3,6-7,9-10H2,1-2H3. The van der Waals surface area contributed by atoms with E-state index >= 15 is 0 Å². The lowest BCUT2D eigenvalue weighted by Gasteiger charge is -2.28. The van der Waals surface area contributed by atoms with Gasteiger partial charge in [-0.05, 0) is 19.1 Å². The summed E-state index contributed by atoms with van der Waals surface area (Å²) in [5.41, 5.74) is 1.49. The second-order valence-electron chi connectivity index (χ2n) is 6.03. The number of benzene rings is 1. The SMILES string of the molecule is CCN1C(=O)COc2cc(NC3=C(C(=O)OC)CN(CCO)C3=O)ccc21. The molecule has 0 atom stereocenters. The summed E-state index contributed by atoms with van der Waals surface area (Å²) in [6.45, 7) is 2.32. The van der Waals surface area contributed by atoms with Gasteiger partial charge in [0.2, 0.25) is 0 Å². The molecule has 2 aliphatic heterocycles. The van der Waals surface area contributed by atoms with Crippen LogP contribution in [0.3, 0.4) is 0 Å². The molecule has 0 unspecified atom stereocenters. The van der Waals surface area contributed by atoms with E-state index in [1.165, 1.54) is 12.0 Å². The zero-order valence-electron chi connectivity index (χ0n) is 15.2. The van der Waals surface area contributed by atoms with Crippen LogP contribution in [0.25, 0.3) is 0 Å². The predicted octanol–water partition coefficient (Wildman–Crippen LogP) is 0.105. The molecular formula is C18H21N3O6. The predicted molar refractivity (Wildman–Crippen MR) is 96.3 cm³/mol. The fourth-order valence-electron chi connectivity index (χ4n) is 3.12. The van der Waals surface area contributed by atoms with Crippen LogP contribution in [0.1, 0.15) is 6.92 Å². The van der Waals surface area contributed by atoms with Crippen LogP contribution in [0, 0.1) is 0 Å². The molecule has 1 aromatic rings. The van der Waals surface area contributed by atoms with Gasteiger partial charge >= 0.3 is 5.97 Å². The van der Waals surface area contributed by atoms with Gasteiger partial charge in [0.25, 0.3) is 11.8 Å². The normalized spacial score (nSPS) is 16.4. The number of carbonyl (C=O) groups excluding carboxylic acids is 3. The van der Waals surface area contributed by atoms with Gasteiger partial charge in [0.1, 0.15) is 11.4 Å². The summed E-state index contributed by atoms with van der Waals surface area (Å²) in [5, 5.41) is 12.1. The number of fused-ring (bicyclic) bond motifs is 1. The van der Waals surface area contributed by atoms with Crippen molar-refractivity contribution in [1.82, 2.24) is 4.90 Å². The van der Waals surface area contributed by atoms with Gasteiger partial charge in [0, 0.05) is 24.8 Å². The van der Waals surface area contributed by atoms with E-state index in [9.17, 15) is 14.4 Å². The molecule has 0 aliphatic carbocycles. The van der Waals surface area contributed by atoms with E-state index in [1.54, 1.807) is 23.1 Å². The van der Waals surface area contributed by atoms with Crippen LogP contribution in [0.2, 0.25) is 0 Å². The molecule has 2 amide bonds. The van der Waals surface area contributed by atoms with E-state index in [0.717, 1.165) is 0 Å². The maximum Gasteiger partial charge on any atom is 0.337 e. The summed E-state index contributed by atoms with van der Waals surface area (Å²) >= 11 is 0. The Kier molecular flexibility index (Phi) is 5.31. The number of amides is 2. The van der Waals surface area contributed by atoms with Crippen molar-refractivity contribution in [3.8, 4) is 5.75 Å². The lowest BCUT2D eigenvalue weighted by atomic mass is 10.2. The molecule has 2 heterocycles. The van der Waals surface area contributed by atoms with Crippen molar-refractivity contribution in [1.29, 1.82) is 0 Å². The number of hydrogen-bond donors (Lipinski definition) is 2. The molecule has 27 heavy (non-hydrogen) atoms. The molecule has 0 fully saturated rings. The monoisotopic (exact) mass is 375 g/mol. The van der Waals surface area contributed by atoms with Crippen LogP contribution in [-0.2, 0) is 19.1 Å². The molecule has 0 radical (unpaired) electrons. The molecule has 9 heteroatoms. The highest BCUT2D eigenvalue weighted by atomic mass is 16.5. The number of aliphatic hydroxyl groups excluding tert-OH is 1. The number of ether oxygens (including phenoxy) is 2. The highest BCUT2D eigenvalue weighted by molar-refractivity contribution is 6.08. The zero-order chi connectivity index (χ0) is 19.6. The fraction of sp³-hybridized carbons (Fsp3) is 0.389. The lowest BCUT2D eigenvalue weighted by molar-refractivity contribution is -0.136. The summed E-state index contributed by atoms with van der Waals surface area (Å²) in [6.07, 6.45) is 0. The van der Waals surface area contributed by atoms with Crippen LogP contribution in [0.5, 0.6) is 5.75 Å². The van der Waals surface area contributed by atoms with Crippen molar-refractivity contribution in [2.45, 2.75) is 6.92 Å². The molecule has 1 aromatic carbocycles. The van der Waals surface area contributed by atoms with Gasteiger partial charge in [-0.2, -0.15) is 0 Å². The van der Waals surface area contributed by atoms with Gasteiger partial charge in [0.15, 0.2) is 6.61 Å². The molecule has 0 saturated carbocycles. The summed E-state index contributed by atoms with van der Waals surface area (Å²) in [4.78, 5) is 39.5. The summed E-state index contributed by atoms with van der Waals surface area (Å²) in [6, 6.07) is 5.10. The van der Waals surface area contributed by atoms with Crippen molar-refractivity contribution in [2.24, 2.45) is 0 Å². The molecular weight excluding hydrogens is 354 g/mol. The average molecular weight is 375 g/mol. The Labute approximate surface area is 156 Å². The van der Waals surface area contributed by atoms with Crippen molar-refractivity contribution < 1.29 is 29.0 Å². The Morgan fingerprint density at radius 3 is 2.81 bits per heavy atom. The number of methoxy groups -OCH3 is 1. The van der Waals surface area contributed by atoms with E-state index in [0.29, 0.717) is 23.7 Å². The zero-order valence-corrected chi connectivity index (χ0v) is 15.2. The first-order valence-corrected chi connectivity index (χ1v) is 8.56. The Hall–Kier alpha value is -3.07. The molecule has 2 aliphatic rings. The second kappa shape index (κ2) is 7.67. The number of aliphatic hydroxyl groups is 1. The smallest absolute Gasteiger partial charge is 0.337 e. The molecule has 0 saturated heterocycles. The Balaban J connectivity index is 1.90. The molecule has 3 rings (SSSR count). The fourth-order valence-corrected chi connectivity index (χ4v) is 3.12. The summed E-state index contributed by atoms with van der Waals surface area (Å²) in [7, 11) is 1.25. The highest BCUT2D eigenvalue weighted by Crippen LogP contribution is 2.35. The minimum absolute atomic E-state index is 0.0520. The topological polar surface area (TPSA) is 108 Å². The van der Waals surface area contributed by atoms with Crippen LogP contribution >= 0.6 is 0 Å². The Bertz CT molecular complexity index is 819. The molecule has 144 valence electrons. The minimum atomic E-state index is -0.608. The number of nitrogens with zero attached hydrogens (tertiary/aromatic N) is 2. The van der Waals surface area contributed by atoms with E-state index in [4.69, 9.17) is 14.6 Å². The molecule has 0 spiro atoms. The first-order chi connectivity index (χ1) is 13.0.